The van der Waals surface area contributed by atoms with Crippen LogP contribution in [0.15, 0.2) is 12.1 Å². The van der Waals surface area contributed by atoms with Gasteiger partial charge in [0.2, 0.25) is 0 Å². The van der Waals surface area contributed by atoms with Gasteiger partial charge in [0.15, 0.2) is 0 Å². The number of anilines is 1. The minimum atomic E-state index is 0.257. The molecule has 1 N–H and O–H groups in total. The number of hydrogen-bond donors (Lipinski definition) is 1. The largest absolute Gasteiger partial charge is 0.378 e. The lowest BCUT2D eigenvalue weighted by molar-refractivity contribution is 0.0978. The minimum Gasteiger partial charge on any atom is -0.378 e. The number of nitrogens with zero attached hydrogens (tertiary/aromatic N) is 2. The van der Waals surface area contributed by atoms with E-state index in [1.807, 2.05) is 0 Å². The summed E-state index contributed by atoms with van der Waals surface area (Å²) in [6.45, 7) is 5.04. The van der Waals surface area contributed by atoms with Crippen molar-refractivity contribution in [1.29, 1.82) is 0 Å². The van der Waals surface area contributed by atoms with Crippen LogP contribution in [-0.2, 0) is 17.6 Å². The zero-order valence-electron chi connectivity index (χ0n) is 12.6. The number of pyridine rings is 1. The summed E-state index contributed by atoms with van der Waals surface area (Å²) in [4.78, 5) is 7.26. The normalized spacial score (nSPS) is 25.8. The molecule has 0 radical (unpaired) electrons. The Morgan fingerprint density at radius 2 is 2.15 bits per heavy atom. The Morgan fingerprint density at radius 1 is 1.30 bits per heavy atom. The lowest BCUT2D eigenvalue weighted by Gasteiger charge is -2.21. The summed E-state index contributed by atoms with van der Waals surface area (Å²) in [7, 11) is 1.80. The maximum absolute atomic E-state index is 5.61. The van der Waals surface area contributed by atoms with Crippen LogP contribution in [0, 0.1) is 0 Å². The number of aryl methyl sites for hydroxylation is 2. The van der Waals surface area contributed by atoms with Gasteiger partial charge in [0.1, 0.15) is 5.82 Å². The van der Waals surface area contributed by atoms with Crippen LogP contribution in [0.25, 0.3) is 0 Å². The average Bonchev–Trinajstić information content (AvgIpc) is 2.90. The van der Waals surface area contributed by atoms with E-state index in [9.17, 15) is 0 Å². The average molecular weight is 275 g/mol. The second kappa shape index (κ2) is 6.10. The molecule has 1 aromatic heterocycles. The molecule has 0 amide bonds. The lowest BCUT2D eigenvalue weighted by atomic mass is 9.96. The van der Waals surface area contributed by atoms with Gasteiger partial charge in [0, 0.05) is 25.9 Å². The number of nitrogens with one attached hydrogen (secondary N) is 1. The topological polar surface area (TPSA) is 37.4 Å². The van der Waals surface area contributed by atoms with Crippen LogP contribution in [0.4, 0.5) is 5.82 Å². The Morgan fingerprint density at radius 3 is 2.95 bits per heavy atom. The molecule has 0 bridgehead atoms. The molecule has 2 aliphatic rings. The standard InChI is InChI=1S/C16H25N3O/c1-3-17-14-10-19(11-15(14)20-2)16-9-8-12-6-4-5-7-13(12)18-16/h8-9,14-15,17H,3-7,10-11H2,1-2H3. The molecule has 2 atom stereocenters. The van der Waals surface area contributed by atoms with Crippen LogP contribution in [0.3, 0.4) is 0 Å². The molecule has 2 unspecified atom stereocenters. The van der Waals surface area contributed by atoms with Crippen LogP contribution in [0.5, 0.6) is 0 Å². The van der Waals surface area contributed by atoms with E-state index in [-0.39, 0.29) is 6.10 Å². The second-order valence-electron chi connectivity index (χ2n) is 5.83. The van der Waals surface area contributed by atoms with Crippen molar-refractivity contribution >= 4 is 5.82 Å². The van der Waals surface area contributed by atoms with Crippen LogP contribution < -0.4 is 10.2 Å². The van der Waals surface area contributed by atoms with E-state index in [2.05, 4.69) is 29.3 Å². The summed E-state index contributed by atoms with van der Waals surface area (Å²) >= 11 is 0. The molecular weight excluding hydrogens is 250 g/mol. The predicted octanol–water partition coefficient (Wildman–Crippen LogP) is 1.77. The highest BCUT2D eigenvalue weighted by molar-refractivity contribution is 5.44. The van der Waals surface area contributed by atoms with Crippen molar-refractivity contribution in [3.05, 3.63) is 23.4 Å². The number of fused-ring (bicyclic) bond motifs is 1. The highest BCUT2D eigenvalue weighted by Crippen LogP contribution is 2.25. The van der Waals surface area contributed by atoms with Gasteiger partial charge in [-0.25, -0.2) is 4.98 Å². The highest BCUT2D eigenvalue weighted by Gasteiger charge is 2.33. The van der Waals surface area contributed by atoms with Gasteiger partial charge in [-0.15, -0.1) is 0 Å². The van der Waals surface area contributed by atoms with E-state index in [1.165, 1.54) is 30.5 Å². The molecule has 4 nitrogen and oxygen atoms in total. The van der Waals surface area contributed by atoms with Gasteiger partial charge >= 0.3 is 0 Å². The Kier molecular flexibility index (Phi) is 4.22. The zero-order chi connectivity index (χ0) is 13.9. The predicted molar refractivity (Wildman–Crippen MR) is 81.4 cm³/mol. The number of hydrogen-bond acceptors (Lipinski definition) is 4. The molecule has 0 saturated carbocycles. The molecule has 4 heteroatoms. The molecule has 0 aromatic carbocycles. The minimum absolute atomic E-state index is 0.257. The molecule has 2 heterocycles. The van der Waals surface area contributed by atoms with Gasteiger partial charge < -0.3 is 15.0 Å². The van der Waals surface area contributed by atoms with E-state index < -0.39 is 0 Å². The van der Waals surface area contributed by atoms with E-state index >= 15 is 0 Å². The van der Waals surface area contributed by atoms with Crippen LogP contribution in [-0.4, -0.2) is 43.9 Å². The molecule has 1 aromatic rings. The number of methoxy groups -OCH3 is 1. The van der Waals surface area contributed by atoms with Crippen molar-refractivity contribution in [1.82, 2.24) is 10.3 Å². The van der Waals surface area contributed by atoms with Crippen LogP contribution in [0.1, 0.15) is 31.0 Å². The lowest BCUT2D eigenvalue weighted by Crippen LogP contribution is -2.39. The van der Waals surface area contributed by atoms with Gasteiger partial charge in [-0.1, -0.05) is 13.0 Å². The molecule has 3 rings (SSSR count). The molecule has 1 saturated heterocycles. The van der Waals surface area contributed by atoms with E-state index in [0.717, 1.165) is 31.9 Å². The molecule has 1 aliphatic heterocycles. The van der Waals surface area contributed by atoms with Gasteiger partial charge in [-0.2, -0.15) is 0 Å². The first-order chi connectivity index (χ1) is 9.81. The summed E-state index contributed by atoms with van der Waals surface area (Å²) in [6.07, 6.45) is 5.19. The Bertz CT molecular complexity index is 463. The molecule has 1 aliphatic carbocycles. The van der Waals surface area contributed by atoms with Crippen molar-refractivity contribution in [2.75, 3.05) is 31.6 Å². The third-order valence-electron chi connectivity index (χ3n) is 4.52. The monoisotopic (exact) mass is 275 g/mol. The fourth-order valence-electron chi connectivity index (χ4n) is 3.40. The van der Waals surface area contributed by atoms with E-state index in [4.69, 9.17) is 9.72 Å². The number of ether oxygens (including phenoxy) is 1. The van der Waals surface area contributed by atoms with Gasteiger partial charge in [-0.3, -0.25) is 0 Å². The molecule has 1 fully saturated rings. The number of rotatable bonds is 4. The third-order valence-corrected chi connectivity index (χ3v) is 4.52. The maximum Gasteiger partial charge on any atom is 0.128 e. The van der Waals surface area contributed by atoms with E-state index in [0.29, 0.717) is 6.04 Å². The highest BCUT2D eigenvalue weighted by atomic mass is 16.5. The van der Waals surface area contributed by atoms with Crippen molar-refractivity contribution in [2.24, 2.45) is 0 Å². The summed E-state index contributed by atoms with van der Waals surface area (Å²) in [6, 6.07) is 4.87. The van der Waals surface area contributed by atoms with Crippen molar-refractivity contribution in [3.63, 3.8) is 0 Å². The smallest absolute Gasteiger partial charge is 0.128 e. The Hall–Kier alpha value is -1.13. The summed E-state index contributed by atoms with van der Waals surface area (Å²) in [5, 5.41) is 3.51. The first kappa shape index (κ1) is 13.8. The maximum atomic E-state index is 5.61. The first-order valence-electron chi connectivity index (χ1n) is 7.81. The SMILES string of the molecule is CCNC1CN(c2ccc3c(n2)CCCC3)CC1OC. The second-order valence-corrected chi connectivity index (χ2v) is 5.83. The van der Waals surface area contributed by atoms with Crippen LogP contribution >= 0.6 is 0 Å². The van der Waals surface area contributed by atoms with E-state index in [1.54, 1.807) is 7.11 Å². The van der Waals surface area contributed by atoms with Gasteiger partial charge in [0.05, 0.1) is 12.1 Å². The summed E-state index contributed by atoms with van der Waals surface area (Å²) < 4.78 is 5.61. The molecular formula is C16H25N3O. The van der Waals surface area contributed by atoms with Crippen molar-refractivity contribution in [3.8, 4) is 0 Å². The third kappa shape index (κ3) is 2.67. The fraction of sp³-hybridized carbons (Fsp3) is 0.688. The fourth-order valence-corrected chi connectivity index (χ4v) is 3.40. The van der Waals surface area contributed by atoms with Gasteiger partial charge in [0.25, 0.3) is 0 Å². The first-order valence-corrected chi connectivity index (χ1v) is 7.81. The van der Waals surface area contributed by atoms with Crippen LogP contribution in [0.2, 0.25) is 0 Å². The quantitative estimate of drug-likeness (QED) is 0.909. The molecule has 0 spiro atoms. The number of aromatic nitrogens is 1. The van der Waals surface area contributed by atoms with Gasteiger partial charge in [-0.05, 0) is 43.9 Å². The molecule has 110 valence electrons. The Balaban J connectivity index is 1.76. The zero-order valence-corrected chi connectivity index (χ0v) is 12.6. The number of likely N-dealkylation sites (N-methyl/N-ethyl adjacent to an activating group) is 1. The van der Waals surface area contributed by atoms with Crippen molar-refractivity contribution in [2.45, 2.75) is 44.8 Å². The molecule has 20 heavy (non-hydrogen) atoms. The summed E-state index contributed by atoms with van der Waals surface area (Å²) in [5.74, 6) is 1.12. The Labute approximate surface area is 121 Å². The van der Waals surface area contributed by atoms with Crippen molar-refractivity contribution < 1.29 is 4.74 Å². The summed E-state index contributed by atoms with van der Waals surface area (Å²) in [5.41, 5.74) is 2.76.